The molecule has 0 unspecified atom stereocenters. The highest BCUT2D eigenvalue weighted by Gasteiger charge is 2.18. The minimum Gasteiger partial charge on any atom is -0.495 e. The molecule has 1 heterocycles. The number of primary amides is 1. The summed E-state index contributed by atoms with van der Waals surface area (Å²) in [5.41, 5.74) is 9.86. The van der Waals surface area contributed by atoms with Crippen molar-refractivity contribution < 1.29 is 19.1 Å². The molecule has 3 rings (SSSR count). The number of anilines is 2. The highest BCUT2D eigenvalue weighted by atomic mass is 32.2. The highest BCUT2D eigenvalue weighted by Crippen LogP contribution is 2.27. The summed E-state index contributed by atoms with van der Waals surface area (Å²) in [4.78, 5) is 41.4. The summed E-state index contributed by atoms with van der Waals surface area (Å²) in [7, 11) is 1.53. The van der Waals surface area contributed by atoms with Crippen LogP contribution in [0, 0.1) is 20.8 Å². The molecule has 0 saturated carbocycles. The number of pyridine rings is 1. The molecule has 3 aromatic rings. The molecule has 34 heavy (non-hydrogen) atoms. The van der Waals surface area contributed by atoms with Gasteiger partial charge in [0.15, 0.2) is 0 Å². The van der Waals surface area contributed by atoms with Gasteiger partial charge in [-0.2, -0.15) is 0 Å². The van der Waals surface area contributed by atoms with E-state index in [0.29, 0.717) is 33.3 Å². The van der Waals surface area contributed by atoms with Crippen LogP contribution in [0.4, 0.5) is 11.4 Å². The largest absolute Gasteiger partial charge is 0.495 e. The van der Waals surface area contributed by atoms with Gasteiger partial charge in [0.1, 0.15) is 10.8 Å². The van der Waals surface area contributed by atoms with E-state index < -0.39 is 5.91 Å². The van der Waals surface area contributed by atoms with Gasteiger partial charge in [-0.05, 0) is 68.3 Å². The highest BCUT2D eigenvalue weighted by molar-refractivity contribution is 8.00. The van der Waals surface area contributed by atoms with Gasteiger partial charge in [0, 0.05) is 16.9 Å². The summed E-state index contributed by atoms with van der Waals surface area (Å²) < 4.78 is 5.24. The predicted octanol–water partition coefficient (Wildman–Crippen LogP) is 4.10. The number of amides is 3. The van der Waals surface area contributed by atoms with Gasteiger partial charge in [0.25, 0.3) is 11.8 Å². The van der Waals surface area contributed by atoms with Crippen LogP contribution in [0.1, 0.15) is 37.5 Å². The third-order valence-electron chi connectivity index (χ3n) is 5.34. The van der Waals surface area contributed by atoms with E-state index in [1.165, 1.54) is 7.11 Å². The molecule has 2 aromatic carbocycles. The van der Waals surface area contributed by atoms with Crippen LogP contribution in [0.2, 0.25) is 0 Å². The number of benzene rings is 2. The fourth-order valence-corrected chi connectivity index (χ4v) is 4.22. The smallest absolute Gasteiger partial charge is 0.255 e. The monoisotopic (exact) mass is 478 g/mol. The van der Waals surface area contributed by atoms with Crippen LogP contribution < -0.4 is 21.1 Å². The van der Waals surface area contributed by atoms with E-state index in [4.69, 9.17) is 10.5 Å². The summed E-state index contributed by atoms with van der Waals surface area (Å²) in [5, 5.41) is 6.02. The maximum Gasteiger partial charge on any atom is 0.255 e. The van der Waals surface area contributed by atoms with E-state index in [9.17, 15) is 14.4 Å². The molecule has 8 nitrogen and oxygen atoms in total. The Bertz CT molecular complexity index is 1240. The Morgan fingerprint density at radius 1 is 0.971 bits per heavy atom. The Kier molecular flexibility index (Phi) is 7.91. The first kappa shape index (κ1) is 24.8. The second kappa shape index (κ2) is 10.8. The average Bonchev–Trinajstić information content (AvgIpc) is 2.81. The number of rotatable bonds is 8. The maximum atomic E-state index is 12.5. The van der Waals surface area contributed by atoms with E-state index in [0.717, 1.165) is 28.6 Å². The van der Waals surface area contributed by atoms with Crippen LogP contribution in [-0.2, 0) is 4.79 Å². The number of methoxy groups -OCH3 is 1. The van der Waals surface area contributed by atoms with Gasteiger partial charge in [-0.25, -0.2) is 4.98 Å². The second-order valence-electron chi connectivity index (χ2n) is 7.56. The number of carbonyl (C=O) groups excluding carboxylic acids is 3. The van der Waals surface area contributed by atoms with Crippen molar-refractivity contribution in [3.05, 3.63) is 76.5 Å². The van der Waals surface area contributed by atoms with Crippen molar-refractivity contribution in [3.63, 3.8) is 0 Å². The molecule has 4 N–H and O–H groups in total. The molecule has 0 atom stereocenters. The van der Waals surface area contributed by atoms with Crippen molar-refractivity contribution in [1.82, 2.24) is 4.98 Å². The van der Waals surface area contributed by atoms with Crippen molar-refractivity contribution in [3.8, 4) is 5.75 Å². The van der Waals surface area contributed by atoms with Crippen molar-refractivity contribution in [2.45, 2.75) is 25.8 Å². The number of hydrogen-bond acceptors (Lipinski definition) is 6. The van der Waals surface area contributed by atoms with Crippen LogP contribution in [-0.4, -0.2) is 35.6 Å². The molecule has 0 fully saturated rings. The molecule has 0 spiro atoms. The molecule has 176 valence electrons. The minimum absolute atomic E-state index is 0.0469. The van der Waals surface area contributed by atoms with E-state index in [1.54, 1.807) is 42.5 Å². The van der Waals surface area contributed by atoms with Gasteiger partial charge in [0.05, 0.1) is 24.1 Å². The molecule has 9 heteroatoms. The first-order valence-electron chi connectivity index (χ1n) is 10.5. The Hall–Kier alpha value is -3.85. The molecule has 0 aliphatic heterocycles. The number of aromatic nitrogens is 1. The standard InChI is InChI=1S/C25H26N4O4S/c1-14-15(2)22(23(26)31)25(27-16(14)3)34-13-21(30)28-18-11-9-17(10-12-18)24(32)29-19-7-5-6-8-20(19)33-4/h5-12H,13H2,1-4H3,(H2,26,31)(H,28,30)(H,29,32). The van der Waals surface area contributed by atoms with E-state index in [1.807, 2.05) is 26.8 Å². The number of hydrogen-bond donors (Lipinski definition) is 3. The van der Waals surface area contributed by atoms with Crippen molar-refractivity contribution in [2.75, 3.05) is 23.5 Å². The van der Waals surface area contributed by atoms with Gasteiger partial charge in [-0.15, -0.1) is 0 Å². The topological polar surface area (TPSA) is 123 Å². The lowest BCUT2D eigenvalue weighted by atomic mass is 10.0. The number of nitrogens with one attached hydrogen (secondary N) is 2. The summed E-state index contributed by atoms with van der Waals surface area (Å²) in [6.07, 6.45) is 0. The molecule has 0 radical (unpaired) electrons. The Labute approximate surface area is 202 Å². The summed E-state index contributed by atoms with van der Waals surface area (Å²) in [6, 6.07) is 13.7. The number of para-hydroxylation sites is 2. The van der Waals surface area contributed by atoms with E-state index in [-0.39, 0.29) is 17.6 Å². The zero-order valence-electron chi connectivity index (χ0n) is 19.4. The zero-order valence-corrected chi connectivity index (χ0v) is 20.2. The number of aryl methyl sites for hydroxylation is 1. The summed E-state index contributed by atoms with van der Waals surface area (Å²) in [6.45, 7) is 5.55. The number of thioether (sulfide) groups is 1. The Morgan fingerprint density at radius 3 is 2.29 bits per heavy atom. The lowest BCUT2D eigenvalue weighted by Crippen LogP contribution is -2.18. The van der Waals surface area contributed by atoms with E-state index in [2.05, 4.69) is 15.6 Å². The fraction of sp³-hybridized carbons (Fsp3) is 0.200. The Morgan fingerprint density at radius 2 is 1.65 bits per heavy atom. The van der Waals surface area contributed by atoms with Gasteiger partial charge in [0.2, 0.25) is 5.91 Å². The number of nitrogens with two attached hydrogens (primary N) is 1. The van der Waals surface area contributed by atoms with Gasteiger partial charge in [-0.3, -0.25) is 14.4 Å². The average molecular weight is 479 g/mol. The summed E-state index contributed by atoms with van der Waals surface area (Å²) in [5.74, 6) is -0.536. The number of ether oxygens (including phenoxy) is 1. The molecule has 0 aliphatic carbocycles. The molecule has 3 amide bonds. The molecule has 0 aliphatic rings. The summed E-state index contributed by atoms with van der Waals surface area (Å²) >= 11 is 1.15. The van der Waals surface area contributed by atoms with Gasteiger partial charge < -0.3 is 21.1 Å². The minimum atomic E-state index is -0.571. The first-order chi connectivity index (χ1) is 16.2. The predicted molar refractivity (Wildman–Crippen MR) is 134 cm³/mol. The second-order valence-corrected chi connectivity index (χ2v) is 8.52. The van der Waals surface area contributed by atoms with Gasteiger partial charge >= 0.3 is 0 Å². The molecular weight excluding hydrogens is 452 g/mol. The van der Waals surface area contributed by atoms with Crippen LogP contribution >= 0.6 is 11.8 Å². The van der Waals surface area contributed by atoms with Crippen molar-refractivity contribution in [1.29, 1.82) is 0 Å². The SMILES string of the molecule is COc1ccccc1NC(=O)c1ccc(NC(=O)CSc2nc(C)c(C)c(C)c2C(N)=O)cc1. The normalized spacial score (nSPS) is 10.5. The Balaban J connectivity index is 1.62. The third-order valence-corrected chi connectivity index (χ3v) is 6.31. The van der Waals surface area contributed by atoms with Gasteiger partial charge in [-0.1, -0.05) is 23.9 Å². The quantitative estimate of drug-likeness (QED) is 0.419. The van der Waals surface area contributed by atoms with Crippen molar-refractivity contribution >= 4 is 40.9 Å². The molecule has 0 saturated heterocycles. The van der Waals surface area contributed by atoms with Crippen LogP contribution in [0.25, 0.3) is 0 Å². The first-order valence-corrected chi connectivity index (χ1v) is 11.4. The number of carbonyl (C=O) groups is 3. The number of nitrogens with zero attached hydrogens (tertiary/aromatic N) is 1. The van der Waals surface area contributed by atoms with Crippen LogP contribution in [0.15, 0.2) is 53.6 Å². The molecular formula is C25H26N4O4S. The molecule has 1 aromatic heterocycles. The van der Waals surface area contributed by atoms with Crippen LogP contribution in [0.5, 0.6) is 5.75 Å². The van der Waals surface area contributed by atoms with Crippen LogP contribution in [0.3, 0.4) is 0 Å². The maximum absolute atomic E-state index is 12.5. The zero-order chi connectivity index (χ0) is 24.8. The third kappa shape index (κ3) is 5.74. The van der Waals surface area contributed by atoms with E-state index >= 15 is 0 Å². The van der Waals surface area contributed by atoms with Crippen molar-refractivity contribution in [2.24, 2.45) is 5.73 Å². The fourth-order valence-electron chi connectivity index (χ4n) is 3.28. The lowest BCUT2D eigenvalue weighted by molar-refractivity contribution is -0.113. The lowest BCUT2D eigenvalue weighted by Gasteiger charge is -2.13. The molecule has 0 bridgehead atoms.